The minimum atomic E-state index is -3.66. The van der Waals surface area contributed by atoms with Gasteiger partial charge in [0.25, 0.3) is 15.9 Å². The highest BCUT2D eigenvalue weighted by Gasteiger charge is 2.26. The lowest BCUT2D eigenvalue weighted by Crippen LogP contribution is -2.48. The first-order valence-corrected chi connectivity index (χ1v) is 10.4. The monoisotopic (exact) mass is 388 g/mol. The molecule has 2 unspecified atom stereocenters. The largest absolute Gasteiger partial charge is 0.372 e. The highest BCUT2D eigenvalue weighted by molar-refractivity contribution is 7.92. The number of carbonyl (C=O) groups is 1. The maximum absolute atomic E-state index is 12.7. The number of amides is 1. The molecule has 1 heterocycles. The van der Waals surface area contributed by atoms with Crippen LogP contribution < -0.4 is 4.72 Å². The topological polar surface area (TPSA) is 75.7 Å². The minimum Gasteiger partial charge on any atom is -0.372 e. The van der Waals surface area contributed by atoms with Gasteiger partial charge in [-0.1, -0.05) is 17.7 Å². The second-order valence-electron chi connectivity index (χ2n) is 6.96. The molecule has 6 nitrogen and oxygen atoms in total. The maximum atomic E-state index is 12.7. The van der Waals surface area contributed by atoms with E-state index in [0.717, 1.165) is 5.56 Å². The van der Waals surface area contributed by atoms with E-state index in [1.54, 1.807) is 53.4 Å². The maximum Gasteiger partial charge on any atom is 0.261 e. The van der Waals surface area contributed by atoms with Crippen LogP contribution in [0.25, 0.3) is 0 Å². The Morgan fingerprint density at radius 3 is 2.11 bits per heavy atom. The molecule has 1 fully saturated rings. The van der Waals surface area contributed by atoms with Gasteiger partial charge in [0, 0.05) is 24.3 Å². The van der Waals surface area contributed by atoms with Crippen LogP contribution in [0.15, 0.2) is 53.4 Å². The molecule has 1 amide bonds. The van der Waals surface area contributed by atoms with E-state index in [4.69, 9.17) is 4.74 Å². The summed E-state index contributed by atoms with van der Waals surface area (Å²) in [7, 11) is -3.66. The van der Waals surface area contributed by atoms with E-state index in [2.05, 4.69) is 4.72 Å². The number of hydrogen-bond donors (Lipinski definition) is 1. The van der Waals surface area contributed by atoms with Crippen molar-refractivity contribution in [3.8, 4) is 0 Å². The molecule has 0 spiro atoms. The molecule has 0 radical (unpaired) electrons. The fraction of sp³-hybridized carbons (Fsp3) is 0.350. The van der Waals surface area contributed by atoms with Gasteiger partial charge < -0.3 is 9.64 Å². The van der Waals surface area contributed by atoms with Gasteiger partial charge >= 0.3 is 0 Å². The summed E-state index contributed by atoms with van der Waals surface area (Å²) in [5.41, 5.74) is 1.92. The fourth-order valence-corrected chi connectivity index (χ4v) is 4.20. The second kappa shape index (κ2) is 7.70. The zero-order valence-corrected chi connectivity index (χ0v) is 16.5. The van der Waals surface area contributed by atoms with Gasteiger partial charge in [-0.15, -0.1) is 0 Å². The highest BCUT2D eigenvalue weighted by atomic mass is 32.2. The number of aryl methyl sites for hydroxylation is 1. The third-order valence-corrected chi connectivity index (χ3v) is 5.82. The van der Waals surface area contributed by atoms with Crippen LogP contribution in [0.4, 0.5) is 5.69 Å². The summed E-state index contributed by atoms with van der Waals surface area (Å²) in [5, 5.41) is 0. The highest BCUT2D eigenvalue weighted by Crippen LogP contribution is 2.19. The zero-order chi connectivity index (χ0) is 19.6. The van der Waals surface area contributed by atoms with Crippen molar-refractivity contribution in [3.05, 3.63) is 59.7 Å². The summed E-state index contributed by atoms with van der Waals surface area (Å²) in [6.07, 6.45) is -0.00316. The van der Waals surface area contributed by atoms with Crippen LogP contribution in [0.2, 0.25) is 0 Å². The molecule has 0 bridgehead atoms. The second-order valence-corrected chi connectivity index (χ2v) is 8.65. The normalized spacial score (nSPS) is 20.3. The molecule has 2 atom stereocenters. The lowest BCUT2D eigenvalue weighted by Gasteiger charge is -2.35. The minimum absolute atomic E-state index is 0.00158. The molecule has 0 aliphatic carbocycles. The summed E-state index contributed by atoms with van der Waals surface area (Å²) < 4.78 is 33.1. The molecule has 2 aromatic carbocycles. The molecule has 1 saturated heterocycles. The molecule has 1 aliphatic rings. The van der Waals surface area contributed by atoms with E-state index in [-0.39, 0.29) is 23.0 Å². The Labute approximate surface area is 160 Å². The first-order chi connectivity index (χ1) is 12.7. The Kier molecular flexibility index (Phi) is 5.53. The lowest BCUT2D eigenvalue weighted by atomic mass is 10.1. The smallest absolute Gasteiger partial charge is 0.261 e. The molecule has 2 aromatic rings. The van der Waals surface area contributed by atoms with E-state index < -0.39 is 10.0 Å². The molecule has 27 heavy (non-hydrogen) atoms. The van der Waals surface area contributed by atoms with Crippen molar-refractivity contribution >= 4 is 21.6 Å². The van der Waals surface area contributed by atoms with E-state index in [9.17, 15) is 13.2 Å². The molecule has 144 valence electrons. The average Bonchev–Trinajstić information content (AvgIpc) is 2.61. The number of rotatable bonds is 4. The first-order valence-electron chi connectivity index (χ1n) is 8.89. The Hall–Kier alpha value is -2.38. The van der Waals surface area contributed by atoms with E-state index in [1.165, 1.54) is 0 Å². The van der Waals surface area contributed by atoms with Crippen LogP contribution in [0.5, 0.6) is 0 Å². The molecular weight excluding hydrogens is 364 g/mol. The molecule has 7 heteroatoms. The molecule has 1 N–H and O–H groups in total. The summed E-state index contributed by atoms with van der Waals surface area (Å²) in [4.78, 5) is 14.6. The van der Waals surface area contributed by atoms with Crippen LogP contribution in [0.1, 0.15) is 29.8 Å². The molecule has 1 aliphatic heterocycles. The van der Waals surface area contributed by atoms with Crippen molar-refractivity contribution in [3.63, 3.8) is 0 Å². The van der Waals surface area contributed by atoms with Crippen LogP contribution in [0, 0.1) is 6.92 Å². The SMILES string of the molecule is Cc1ccc(S(=O)(=O)Nc2ccc(C(=O)N3CC(C)OC(C)C3)cc2)cc1. The predicted molar refractivity (Wildman–Crippen MR) is 104 cm³/mol. The van der Waals surface area contributed by atoms with Crippen LogP contribution in [0.3, 0.4) is 0 Å². The quantitative estimate of drug-likeness (QED) is 0.873. The summed E-state index contributed by atoms with van der Waals surface area (Å²) in [5.74, 6) is -0.0788. The molecular formula is C20H24N2O4S. The Bertz CT molecular complexity index is 898. The summed E-state index contributed by atoms with van der Waals surface area (Å²) in [6, 6.07) is 13.1. The van der Waals surface area contributed by atoms with E-state index >= 15 is 0 Å². The number of morpholine rings is 1. The van der Waals surface area contributed by atoms with Crippen LogP contribution in [-0.4, -0.2) is 44.5 Å². The molecule has 3 rings (SSSR count). The third-order valence-electron chi connectivity index (χ3n) is 4.42. The van der Waals surface area contributed by atoms with Crippen molar-refractivity contribution in [1.29, 1.82) is 0 Å². The summed E-state index contributed by atoms with van der Waals surface area (Å²) >= 11 is 0. The van der Waals surface area contributed by atoms with Crippen LogP contribution >= 0.6 is 0 Å². The molecule has 0 aromatic heterocycles. The Morgan fingerprint density at radius 1 is 1.00 bits per heavy atom. The van der Waals surface area contributed by atoms with Gasteiger partial charge in [0.05, 0.1) is 17.1 Å². The third kappa shape index (κ3) is 4.67. The van der Waals surface area contributed by atoms with Crippen molar-refractivity contribution < 1.29 is 17.9 Å². The standard InChI is InChI=1S/C20H24N2O4S/c1-14-4-10-19(11-5-14)27(24,25)21-18-8-6-17(7-9-18)20(23)22-12-15(2)26-16(3)13-22/h4-11,15-16,21H,12-13H2,1-3H3. The number of nitrogens with zero attached hydrogens (tertiary/aromatic N) is 1. The van der Waals surface area contributed by atoms with Crippen molar-refractivity contribution in [2.24, 2.45) is 0 Å². The van der Waals surface area contributed by atoms with E-state index in [0.29, 0.717) is 24.3 Å². The number of benzene rings is 2. The van der Waals surface area contributed by atoms with Gasteiger partial charge in [-0.25, -0.2) is 8.42 Å². The first kappa shape index (κ1) is 19.4. The van der Waals surface area contributed by atoms with Gasteiger partial charge in [-0.2, -0.15) is 0 Å². The molecule has 0 saturated carbocycles. The van der Waals surface area contributed by atoms with Gasteiger partial charge in [-0.3, -0.25) is 9.52 Å². The Morgan fingerprint density at radius 2 is 1.56 bits per heavy atom. The average molecular weight is 388 g/mol. The van der Waals surface area contributed by atoms with E-state index in [1.807, 2.05) is 20.8 Å². The van der Waals surface area contributed by atoms with Gasteiger partial charge in [0.1, 0.15) is 0 Å². The fourth-order valence-electron chi connectivity index (χ4n) is 3.14. The van der Waals surface area contributed by atoms with Crippen molar-refractivity contribution in [2.45, 2.75) is 37.9 Å². The number of nitrogens with one attached hydrogen (secondary N) is 1. The van der Waals surface area contributed by atoms with Crippen LogP contribution in [-0.2, 0) is 14.8 Å². The number of ether oxygens (including phenoxy) is 1. The number of sulfonamides is 1. The Balaban J connectivity index is 1.71. The zero-order valence-electron chi connectivity index (χ0n) is 15.7. The summed E-state index contributed by atoms with van der Waals surface area (Å²) in [6.45, 7) is 6.88. The number of anilines is 1. The van der Waals surface area contributed by atoms with Gasteiger partial charge in [-0.05, 0) is 57.2 Å². The van der Waals surface area contributed by atoms with Crippen molar-refractivity contribution in [1.82, 2.24) is 4.90 Å². The van der Waals surface area contributed by atoms with Gasteiger partial charge in [0.15, 0.2) is 0 Å². The predicted octanol–water partition coefficient (Wildman–Crippen LogP) is 3.05. The van der Waals surface area contributed by atoms with Gasteiger partial charge in [0.2, 0.25) is 0 Å². The lowest BCUT2D eigenvalue weighted by molar-refractivity contribution is -0.0586. The number of carbonyl (C=O) groups excluding carboxylic acids is 1. The number of hydrogen-bond acceptors (Lipinski definition) is 4. The van der Waals surface area contributed by atoms with Crippen molar-refractivity contribution in [2.75, 3.05) is 17.8 Å².